The average molecular weight is 174 g/mol. The van der Waals surface area contributed by atoms with Gasteiger partial charge in [0.2, 0.25) is 0 Å². The van der Waals surface area contributed by atoms with Crippen molar-refractivity contribution in [1.29, 1.82) is 0 Å². The van der Waals surface area contributed by atoms with Gasteiger partial charge in [-0.05, 0) is 27.0 Å². The quantitative estimate of drug-likeness (QED) is 0.606. The van der Waals surface area contributed by atoms with E-state index in [0.717, 1.165) is 0 Å². The second kappa shape index (κ2) is 3.90. The molecule has 0 bridgehead atoms. The van der Waals surface area contributed by atoms with Crippen molar-refractivity contribution in [2.45, 2.75) is 20.8 Å². The van der Waals surface area contributed by atoms with Crippen LogP contribution in [0.15, 0.2) is 0 Å². The Morgan fingerprint density at radius 2 is 1.64 bits per heavy atom. The zero-order valence-electron chi connectivity index (χ0n) is 7.43. The second-order valence-corrected chi connectivity index (χ2v) is 3.74. The molecule has 64 valence electrons. The summed E-state index contributed by atoms with van der Waals surface area (Å²) < 4.78 is 0. The Hall–Kier alpha value is -0.310. The highest BCUT2D eigenvalue weighted by Crippen LogP contribution is 2.23. The van der Waals surface area contributed by atoms with Crippen LogP contribution in [0.3, 0.4) is 0 Å². The molecule has 0 saturated carbocycles. The van der Waals surface area contributed by atoms with Crippen LogP contribution >= 0.6 is 11.8 Å². The molecule has 0 amide bonds. The van der Waals surface area contributed by atoms with E-state index in [2.05, 4.69) is 0 Å². The lowest BCUT2D eigenvalue weighted by atomic mass is 9.85. The minimum atomic E-state index is -0.764. The maximum atomic E-state index is 11.1. The molecule has 0 spiro atoms. The van der Waals surface area contributed by atoms with Gasteiger partial charge in [0.15, 0.2) is 0 Å². The first-order valence-electron chi connectivity index (χ1n) is 3.46. The van der Waals surface area contributed by atoms with E-state index in [0.29, 0.717) is 5.75 Å². The zero-order chi connectivity index (χ0) is 9.07. The molecule has 0 heterocycles. The first kappa shape index (κ1) is 10.7. The van der Waals surface area contributed by atoms with Crippen LogP contribution in [0.1, 0.15) is 20.8 Å². The molecule has 0 aliphatic rings. The summed E-state index contributed by atoms with van der Waals surface area (Å²) in [5.74, 6) is 0.496. The molecule has 0 N–H and O–H groups in total. The van der Waals surface area contributed by atoms with Gasteiger partial charge in [-0.25, -0.2) is 0 Å². The zero-order valence-corrected chi connectivity index (χ0v) is 8.25. The first-order chi connectivity index (χ1) is 4.95. The van der Waals surface area contributed by atoms with Crippen LogP contribution in [0.25, 0.3) is 0 Å². The molecular weight excluding hydrogens is 160 g/mol. The smallest absolute Gasteiger partial charge is 0.143 e. The van der Waals surface area contributed by atoms with E-state index in [9.17, 15) is 9.59 Å². The third-order valence-electron chi connectivity index (χ3n) is 1.99. The summed E-state index contributed by atoms with van der Waals surface area (Å²) in [6.07, 6.45) is 1.89. The van der Waals surface area contributed by atoms with E-state index in [4.69, 9.17) is 0 Å². The van der Waals surface area contributed by atoms with Crippen LogP contribution in [-0.2, 0) is 9.59 Å². The molecule has 0 atom stereocenters. The Morgan fingerprint density at radius 3 is 1.73 bits per heavy atom. The van der Waals surface area contributed by atoms with Crippen LogP contribution < -0.4 is 0 Å². The summed E-state index contributed by atoms with van der Waals surface area (Å²) >= 11 is 1.52. The molecular formula is C8H14O2S. The van der Waals surface area contributed by atoms with Crippen LogP contribution in [0.5, 0.6) is 0 Å². The Balaban J connectivity index is 4.52. The summed E-state index contributed by atoms with van der Waals surface area (Å²) in [5.41, 5.74) is -0.764. The number of carbonyl (C=O) groups is 2. The molecule has 0 aromatic heterocycles. The van der Waals surface area contributed by atoms with E-state index >= 15 is 0 Å². The number of ketones is 2. The Morgan fingerprint density at radius 1 is 1.27 bits per heavy atom. The van der Waals surface area contributed by atoms with Crippen molar-refractivity contribution in [2.75, 3.05) is 12.0 Å². The molecule has 0 unspecified atom stereocenters. The Kier molecular flexibility index (Phi) is 3.79. The summed E-state index contributed by atoms with van der Waals surface area (Å²) in [7, 11) is 0. The first-order valence-corrected chi connectivity index (χ1v) is 4.85. The minimum absolute atomic E-state index is 0.0423. The number of hydrogen-bond acceptors (Lipinski definition) is 3. The molecule has 0 aromatic rings. The fraction of sp³-hybridized carbons (Fsp3) is 0.750. The number of hydrogen-bond donors (Lipinski definition) is 0. The number of Topliss-reactive ketones (excluding diaryl/α,β-unsaturated/α-hetero) is 2. The van der Waals surface area contributed by atoms with Crippen molar-refractivity contribution in [2.24, 2.45) is 5.41 Å². The van der Waals surface area contributed by atoms with Gasteiger partial charge >= 0.3 is 0 Å². The largest absolute Gasteiger partial charge is 0.299 e. The highest BCUT2D eigenvalue weighted by Gasteiger charge is 2.34. The maximum Gasteiger partial charge on any atom is 0.143 e. The molecule has 0 rings (SSSR count). The van der Waals surface area contributed by atoms with E-state index in [1.54, 1.807) is 6.92 Å². The van der Waals surface area contributed by atoms with Crippen molar-refractivity contribution in [3.63, 3.8) is 0 Å². The topological polar surface area (TPSA) is 34.1 Å². The number of rotatable bonds is 4. The predicted octanol–water partition coefficient (Wildman–Crippen LogP) is 1.53. The second-order valence-electron chi connectivity index (χ2n) is 2.88. The van der Waals surface area contributed by atoms with Crippen LogP contribution in [-0.4, -0.2) is 23.6 Å². The fourth-order valence-corrected chi connectivity index (χ4v) is 1.72. The van der Waals surface area contributed by atoms with Crippen molar-refractivity contribution >= 4 is 23.3 Å². The van der Waals surface area contributed by atoms with Gasteiger partial charge in [0.1, 0.15) is 11.6 Å². The molecule has 0 saturated heterocycles. The molecule has 0 fully saturated rings. The monoisotopic (exact) mass is 174 g/mol. The molecule has 3 heteroatoms. The summed E-state index contributed by atoms with van der Waals surface area (Å²) in [6, 6.07) is 0. The normalized spacial score (nSPS) is 11.3. The lowest BCUT2D eigenvalue weighted by Gasteiger charge is -2.21. The van der Waals surface area contributed by atoms with Crippen molar-refractivity contribution in [3.8, 4) is 0 Å². The predicted molar refractivity (Wildman–Crippen MR) is 47.9 cm³/mol. The van der Waals surface area contributed by atoms with Crippen molar-refractivity contribution in [1.82, 2.24) is 0 Å². The third kappa shape index (κ3) is 2.33. The van der Waals surface area contributed by atoms with Crippen molar-refractivity contribution < 1.29 is 9.59 Å². The van der Waals surface area contributed by atoms with Gasteiger partial charge in [0.25, 0.3) is 0 Å². The highest BCUT2D eigenvalue weighted by atomic mass is 32.2. The van der Waals surface area contributed by atoms with Gasteiger partial charge < -0.3 is 0 Å². The van der Waals surface area contributed by atoms with E-state index in [1.807, 2.05) is 6.26 Å². The van der Waals surface area contributed by atoms with Gasteiger partial charge in [0, 0.05) is 5.75 Å². The molecule has 0 aromatic carbocycles. The standard InChI is InChI=1S/C8H14O2S/c1-6(9)8(3,5-11-4)7(2)10/h5H2,1-4H3. The highest BCUT2D eigenvalue weighted by molar-refractivity contribution is 7.98. The van der Waals surface area contributed by atoms with Crippen molar-refractivity contribution in [3.05, 3.63) is 0 Å². The molecule has 11 heavy (non-hydrogen) atoms. The van der Waals surface area contributed by atoms with Gasteiger partial charge in [-0.1, -0.05) is 0 Å². The van der Waals surface area contributed by atoms with E-state index in [-0.39, 0.29) is 11.6 Å². The van der Waals surface area contributed by atoms with E-state index in [1.165, 1.54) is 25.6 Å². The Bertz CT molecular complexity index is 161. The van der Waals surface area contributed by atoms with Crippen LogP contribution in [0.4, 0.5) is 0 Å². The van der Waals surface area contributed by atoms with Crippen LogP contribution in [0.2, 0.25) is 0 Å². The van der Waals surface area contributed by atoms with Gasteiger partial charge in [0.05, 0.1) is 5.41 Å². The van der Waals surface area contributed by atoms with Crippen LogP contribution in [0, 0.1) is 5.41 Å². The molecule has 0 aliphatic heterocycles. The maximum absolute atomic E-state index is 11.1. The SMILES string of the molecule is CSCC(C)(C(C)=O)C(C)=O. The molecule has 0 aliphatic carbocycles. The summed E-state index contributed by atoms with van der Waals surface area (Å²) in [6.45, 7) is 4.64. The van der Waals surface area contributed by atoms with E-state index < -0.39 is 5.41 Å². The summed E-state index contributed by atoms with van der Waals surface area (Å²) in [5, 5.41) is 0. The lowest BCUT2D eigenvalue weighted by Crippen LogP contribution is -2.35. The number of thioether (sulfide) groups is 1. The average Bonchev–Trinajstić information content (AvgIpc) is 1.87. The minimum Gasteiger partial charge on any atom is -0.299 e. The molecule has 0 radical (unpaired) electrons. The fourth-order valence-electron chi connectivity index (χ4n) is 0.740. The molecule has 2 nitrogen and oxygen atoms in total. The Labute approximate surface area is 71.7 Å². The van der Waals surface area contributed by atoms with Gasteiger partial charge in [-0.3, -0.25) is 9.59 Å². The van der Waals surface area contributed by atoms with Gasteiger partial charge in [-0.2, -0.15) is 11.8 Å². The third-order valence-corrected chi connectivity index (χ3v) is 2.85. The van der Waals surface area contributed by atoms with Gasteiger partial charge in [-0.15, -0.1) is 0 Å². The number of carbonyl (C=O) groups excluding carboxylic acids is 2. The lowest BCUT2D eigenvalue weighted by molar-refractivity contribution is -0.135. The summed E-state index contributed by atoms with van der Waals surface area (Å²) in [4.78, 5) is 22.1.